The summed E-state index contributed by atoms with van der Waals surface area (Å²) in [4.78, 5) is 12.3. The number of allylic oxidation sites excluding steroid dienone is 1. The molecule has 1 aromatic carbocycles. The van der Waals surface area contributed by atoms with Gasteiger partial charge in [-0.2, -0.15) is 13.2 Å². The summed E-state index contributed by atoms with van der Waals surface area (Å²) in [5.74, 6) is -0.274. The van der Waals surface area contributed by atoms with Crippen LogP contribution in [0.25, 0.3) is 0 Å². The third kappa shape index (κ3) is 4.27. The van der Waals surface area contributed by atoms with Gasteiger partial charge >= 0.3 is 12.1 Å². The second-order valence-electron chi connectivity index (χ2n) is 4.61. The van der Waals surface area contributed by atoms with Crippen molar-refractivity contribution >= 4 is 17.7 Å². The molecule has 0 saturated heterocycles. The largest absolute Gasteiger partial charge is 0.466 e. The fourth-order valence-electron chi connectivity index (χ4n) is 2.08. The van der Waals surface area contributed by atoms with Gasteiger partial charge in [0.15, 0.2) is 0 Å². The molecular formula is C15H15F3O2S. The number of alkyl halides is 3. The number of carbonyl (C=O) groups excluding carboxylic acids is 1. The first-order chi connectivity index (χ1) is 9.90. The molecule has 2 nitrogen and oxygen atoms in total. The fraction of sp³-hybridized carbons (Fsp3) is 0.400. The molecule has 0 fully saturated rings. The molecule has 1 aromatic rings. The Bertz CT molecular complexity index is 535. The van der Waals surface area contributed by atoms with Gasteiger partial charge in [-0.25, -0.2) is 0 Å². The molecule has 21 heavy (non-hydrogen) atoms. The van der Waals surface area contributed by atoms with Crippen LogP contribution in [0.3, 0.4) is 0 Å². The van der Waals surface area contributed by atoms with Crippen molar-refractivity contribution < 1.29 is 22.7 Å². The number of hydrogen-bond donors (Lipinski definition) is 0. The lowest BCUT2D eigenvalue weighted by Crippen LogP contribution is -2.05. The Morgan fingerprint density at radius 3 is 2.57 bits per heavy atom. The molecule has 2 rings (SSSR count). The van der Waals surface area contributed by atoms with E-state index in [9.17, 15) is 18.0 Å². The van der Waals surface area contributed by atoms with Crippen molar-refractivity contribution in [2.75, 3.05) is 6.61 Å². The van der Waals surface area contributed by atoms with Gasteiger partial charge in [-0.05, 0) is 35.9 Å². The normalized spacial score (nSPS) is 18.5. The van der Waals surface area contributed by atoms with Crippen LogP contribution in [0.1, 0.15) is 36.1 Å². The molecule has 1 aliphatic rings. The minimum atomic E-state index is -4.31. The van der Waals surface area contributed by atoms with Crippen molar-refractivity contribution in [2.45, 2.75) is 31.2 Å². The minimum Gasteiger partial charge on any atom is -0.466 e. The highest BCUT2D eigenvalue weighted by Gasteiger charge is 2.30. The molecular weight excluding hydrogens is 301 g/mol. The van der Waals surface area contributed by atoms with Crippen molar-refractivity contribution in [2.24, 2.45) is 0 Å². The smallest absolute Gasteiger partial charge is 0.416 e. The van der Waals surface area contributed by atoms with Crippen LogP contribution < -0.4 is 0 Å². The van der Waals surface area contributed by atoms with Crippen molar-refractivity contribution in [1.82, 2.24) is 0 Å². The summed E-state index contributed by atoms with van der Waals surface area (Å²) in [6.07, 6.45) is -1.42. The van der Waals surface area contributed by atoms with E-state index in [4.69, 9.17) is 4.74 Å². The highest BCUT2D eigenvalue weighted by Crippen LogP contribution is 2.45. The number of rotatable bonds is 4. The lowest BCUT2D eigenvalue weighted by molar-refractivity contribution is -0.142. The predicted octanol–water partition coefficient (Wildman–Crippen LogP) is 4.72. The molecule has 1 heterocycles. The zero-order valence-electron chi connectivity index (χ0n) is 11.4. The van der Waals surface area contributed by atoms with Crippen molar-refractivity contribution in [3.8, 4) is 0 Å². The third-order valence-corrected chi connectivity index (χ3v) is 4.45. The number of hydrogen-bond acceptors (Lipinski definition) is 3. The second-order valence-corrected chi connectivity index (χ2v) is 5.94. The summed E-state index contributed by atoms with van der Waals surface area (Å²) >= 11 is 1.51. The van der Waals surface area contributed by atoms with Gasteiger partial charge in [-0.15, -0.1) is 11.8 Å². The monoisotopic (exact) mass is 316 g/mol. The average Bonchev–Trinajstić information content (AvgIpc) is 2.86. The number of thioether (sulfide) groups is 1. The SMILES string of the molecule is CCOC(=O)CC1=CCC(c2ccc(C(F)(F)F)cc2)S1. The number of benzene rings is 1. The van der Waals surface area contributed by atoms with Crippen LogP contribution in [0, 0.1) is 0 Å². The molecule has 1 unspecified atom stereocenters. The molecule has 0 aromatic heterocycles. The van der Waals surface area contributed by atoms with Gasteiger partial charge < -0.3 is 4.74 Å². The van der Waals surface area contributed by atoms with E-state index >= 15 is 0 Å². The maximum atomic E-state index is 12.5. The highest BCUT2D eigenvalue weighted by atomic mass is 32.2. The van der Waals surface area contributed by atoms with E-state index in [1.54, 1.807) is 6.92 Å². The number of esters is 1. The van der Waals surface area contributed by atoms with E-state index in [1.807, 2.05) is 6.08 Å². The zero-order chi connectivity index (χ0) is 15.5. The van der Waals surface area contributed by atoms with Gasteiger partial charge in [-0.1, -0.05) is 18.2 Å². The number of halogens is 3. The van der Waals surface area contributed by atoms with E-state index in [2.05, 4.69) is 0 Å². The van der Waals surface area contributed by atoms with Crippen LogP contribution in [0.2, 0.25) is 0 Å². The van der Waals surface area contributed by atoms with Gasteiger partial charge in [0.2, 0.25) is 0 Å². The Balaban J connectivity index is 1.95. The van der Waals surface area contributed by atoms with E-state index < -0.39 is 11.7 Å². The molecule has 0 bridgehead atoms. The first kappa shape index (κ1) is 15.9. The molecule has 0 aliphatic carbocycles. The van der Waals surface area contributed by atoms with Gasteiger partial charge in [0, 0.05) is 5.25 Å². The van der Waals surface area contributed by atoms with E-state index in [-0.39, 0.29) is 17.6 Å². The van der Waals surface area contributed by atoms with Gasteiger partial charge in [0.25, 0.3) is 0 Å². The van der Waals surface area contributed by atoms with Crippen molar-refractivity contribution in [1.29, 1.82) is 0 Å². The summed E-state index contributed by atoms with van der Waals surface area (Å²) in [5.41, 5.74) is 0.192. The minimum absolute atomic E-state index is 0.0664. The maximum Gasteiger partial charge on any atom is 0.416 e. The summed E-state index contributed by atoms with van der Waals surface area (Å²) in [7, 11) is 0. The Kier molecular flexibility index (Phi) is 4.98. The number of carbonyl (C=O) groups is 1. The van der Waals surface area contributed by atoms with Crippen LogP contribution in [0.5, 0.6) is 0 Å². The molecule has 114 valence electrons. The summed E-state index contributed by atoms with van der Waals surface area (Å²) < 4.78 is 42.4. The Morgan fingerprint density at radius 1 is 1.33 bits per heavy atom. The van der Waals surface area contributed by atoms with Crippen LogP contribution in [-0.4, -0.2) is 12.6 Å². The molecule has 1 atom stereocenters. The van der Waals surface area contributed by atoms with Crippen LogP contribution in [0.15, 0.2) is 35.2 Å². The Morgan fingerprint density at radius 2 is 2.00 bits per heavy atom. The maximum absolute atomic E-state index is 12.5. The summed E-state index contributed by atoms with van der Waals surface area (Å²) in [6, 6.07) is 5.20. The summed E-state index contributed by atoms with van der Waals surface area (Å²) in [6.45, 7) is 2.10. The Hall–Kier alpha value is -1.43. The molecule has 0 saturated carbocycles. The fourth-order valence-corrected chi connectivity index (χ4v) is 3.32. The molecule has 0 N–H and O–H groups in total. The van der Waals surface area contributed by atoms with Gasteiger partial charge in [0.1, 0.15) is 0 Å². The second kappa shape index (κ2) is 6.56. The van der Waals surface area contributed by atoms with Crippen molar-refractivity contribution in [3.05, 3.63) is 46.4 Å². The Labute approximate surface area is 125 Å². The predicted molar refractivity (Wildman–Crippen MR) is 75.7 cm³/mol. The third-order valence-electron chi connectivity index (χ3n) is 3.09. The lowest BCUT2D eigenvalue weighted by atomic mass is 10.1. The van der Waals surface area contributed by atoms with Crippen LogP contribution >= 0.6 is 11.8 Å². The topological polar surface area (TPSA) is 26.3 Å². The average molecular weight is 316 g/mol. The molecule has 1 aliphatic heterocycles. The highest BCUT2D eigenvalue weighted by molar-refractivity contribution is 8.03. The van der Waals surface area contributed by atoms with Gasteiger partial charge in [-0.3, -0.25) is 4.79 Å². The van der Waals surface area contributed by atoms with Crippen LogP contribution in [-0.2, 0) is 15.7 Å². The first-order valence-electron chi connectivity index (χ1n) is 6.58. The van der Waals surface area contributed by atoms with Crippen molar-refractivity contribution in [3.63, 3.8) is 0 Å². The number of ether oxygens (including phenoxy) is 1. The van der Waals surface area contributed by atoms with Gasteiger partial charge in [0.05, 0.1) is 18.6 Å². The lowest BCUT2D eigenvalue weighted by Gasteiger charge is -2.12. The molecule has 0 amide bonds. The quantitative estimate of drug-likeness (QED) is 0.752. The standard InChI is InChI=1S/C15H15F3O2S/c1-2-20-14(19)9-12-7-8-13(21-12)10-3-5-11(6-4-10)15(16,17)18/h3-7,13H,2,8-9H2,1H3. The molecule has 6 heteroatoms. The zero-order valence-corrected chi connectivity index (χ0v) is 12.3. The van der Waals surface area contributed by atoms with E-state index in [0.717, 1.165) is 22.6 Å². The van der Waals surface area contributed by atoms with E-state index in [0.29, 0.717) is 13.0 Å². The molecule has 0 spiro atoms. The first-order valence-corrected chi connectivity index (χ1v) is 7.46. The van der Waals surface area contributed by atoms with Crippen LogP contribution in [0.4, 0.5) is 13.2 Å². The molecule has 0 radical (unpaired) electrons. The summed E-state index contributed by atoms with van der Waals surface area (Å²) in [5, 5.41) is 0.0664. The van der Waals surface area contributed by atoms with E-state index in [1.165, 1.54) is 23.9 Å².